The molecule has 0 unspecified atom stereocenters. The molecule has 0 aromatic heterocycles. The third-order valence-electron chi connectivity index (χ3n) is 3.65. The second-order valence-corrected chi connectivity index (χ2v) is 5.40. The molecule has 2 rings (SSSR count). The summed E-state index contributed by atoms with van der Waals surface area (Å²) in [5.74, 6) is 1.73. The van der Waals surface area contributed by atoms with Crippen LogP contribution in [0, 0.1) is 6.92 Å². The van der Waals surface area contributed by atoms with Gasteiger partial charge in [0.2, 0.25) is 0 Å². The van der Waals surface area contributed by atoms with Gasteiger partial charge < -0.3 is 15.4 Å². The lowest BCUT2D eigenvalue weighted by Gasteiger charge is -2.13. The molecule has 23 heavy (non-hydrogen) atoms. The van der Waals surface area contributed by atoms with Crippen molar-refractivity contribution in [3.05, 3.63) is 65.2 Å². The van der Waals surface area contributed by atoms with E-state index in [1.807, 2.05) is 18.2 Å². The van der Waals surface area contributed by atoms with Crippen LogP contribution in [0.15, 0.2) is 53.5 Å². The smallest absolute Gasteiger partial charge is 0.191 e. The Balaban J connectivity index is 1.81. The molecule has 122 valence electrons. The van der Waals surface area contributed by atoms with Crippen LogP contribution in [-0.2, 0) is 13.0 Å². The minimum absolute atomic E-state index is 0.760. The Morgan fingerprint density at radius 2 is 1.91 bits per heavy atom. The maximum Gasteiger partial charge on any atom is 0.191 e. The van der Waals surface area contributed by atoms with Crippen molar-refractivity contribution in [1.29, 1.82) is 0 Å². The van der Waals surface area contributed by atoms with E-state index >= 15 is 0 Å². The zero-order valence-corrected chi connectivity index (χ0v) is 14.1. The van der Waals surface area contributed by atoms with Crippen LogP contribution in [-0.4, -0.2) is 26.7 Å². The van der Waals surface area contributed by atoms with E-state index in [9.17, 15) is 0 Å². The Labute approximate surface area is 138 Å². The van der Waals surface area contributed by atoms with E-state index in [2.05, 4.69) is 52.9 Å². The Morgan fingerprint density at radius 3 is 2.65 bits per heavy atom. The van der Waals surface area contributed by atoms with E-state index in [-0.39, 0.29) is 0 Å². The largest absolute Gasteiger partial charge is 0.496 e. The van der Waals surface area contributed by atoms with Crippen LogP contribution in [0.1, 0.15) is 16.7 Å². The van der Waals surface area contributed by atoms with Crippen LogP contribution in [0.25, 0.3) is 0 Å². The van der Waals surface area contributed by atoms with Crippen molar-refractivity contribution in [2.75, 3.05) is 20.7 Å². The zero-order valence-electron chi connectivity index (χ0n) is 14.1. The zero-order chi connectivity index (χ0) is 16.5. The van der Waals surface area contributed by atoms with Crippen LogP contribution in [0.2, 0.25) is 0 Å². The first kappa shape index (κ1) is 16.9. The Hall–Kier alpha value is -2.49. The first-order chi connectivity index (χ1) is 11.2. The number of nitrogens with one attached hydrogen (secondary N) is 2. The van der Waals surface area contributed by atoms with Gasteiger partial charge in [-0.2, -0.15) is 0 Å². The van der Waals surface area contributed by atoms with Crippen molar-refractivity contribution >= 4 is 5.96 Å². The van der Waals surface area contributed by atoms with E-state index in [1.54, 1.807) is 14.2 Å². The second kappa shape index (κ2) is 8.83. The van der Waals surface area contributed by atoms with Crippen LogP contribution in [0.3, 0.4) is 0 Å². The fourth-order valence-electron chi connectivity index (χ4n) is 2.45. The number of ether oxygens (including phenoxy) is 1. The third kappa shape index (κ3) is 5.33. The van der Waals surface area contributed by atoms with Gasteiger partial charge in [-0.1, -0.05) is 48.0 Å². The number of aliphatic imine (C=N–C) groups is 1. The van der Waals surface area contributed by atoms with Gasteiger partial charge in [0.05, 0.1) is 7.11 Å². The molecule has 0 aliphatic rings. The van der Waals surface area contributed by atoms with Crippen molar-refractivity contribution in [2.45, 2.75) is 19.9 Å². The van der Waals surface area contributed by atoms with Crippen molar-refractivity contribution in [3.63, 3.8) is 0 Å². The molecule has 0 radical (unpaired) electrons. The van der Waals surface area contributed by atoms with Gasteiger partial charge in [-0.25, -0.2) is 0 Å². The molecular weight excluding hydrogens is 286 g/mol. The van der Waals surface area contributed by atoms with E-state index < -0.39 is 0 Å². The summed E-state index contributed by atoms with van der Waals surface area (Å²) >= 11 is 0. The predicted octanol–water partition coefficient (Wildman–Crippen LogP) is 2.91. The highest BCUT2D eigenvalue weighted by Crippen LogP contribution is 2.17. The molecule has 0 saturated heterocycles. The molecule has 2 N–H and O–H groups in total. The number of methoxy groups -OCH3 is 1. The molecule has 0 amide bonds. The van der Waals surface area contributed by atoms with Crippen molar-refractivity contribution in [1.82, 2.24) is 10.6 Å². The van der Waals surface area contributed by atoms with Crippen molar-refractivity contribution in [3.8, 4) is 5.75 Å². The molecular formula is C19H25N3O. The number of nitrogens with zero attached hydrogens (tertiary/aromatic N) is 1. The number of rotatable bonds is 6. The molecule has 0 spiro atoms. The molecule has 4 nitrogen and oxygen atoms in total. The summed E-state index contributed by atoms with van der Waals surface area (Å²) in [5, 5.41) is 6.67. The minimum atomic E-state index is 0.760. The standard InChI is InChI=1S/C19H25N3O/c1-15-7-6-8-16(13-15)14-22-19(20-2)21-12-11-17-9-4-5-10-18(17)23-3/h4-10,13H,11-12,14H2,1-3H3,(H2,20,21,22). The molecule has 4 heteroatoms. The van der Waals surface area contributed by atoms with Crippen LogP contribution in [0.4, 0.5) is 0 Å². The average molecular weight is 311 g/mol. The normalized spacial score (nSPS) is 11.2. The number of guanidine groups is 1. The Morgan fingerprint density at radius 1 is 1.09 bits per heavy atom. The van der Waals surface area contributed by atoms with E-state index in [0.717, 1.165) is 31.2 Å². The minimum Gasteiger partial charge on any atom is -0.496 e. The van der Waals surface area contributed by atoms with Crippen molar-refractivity contribution in [2.24, 2.45) is 4.99 Å². The van der Waals surface area contributed by atoms with Gasteiger partial charge in [0.25, 0.3) is 0 Å². The summed E-state index contributed by atoms with van der Waals surface area (Å²) in [6.07, 6.45) is 0.884. The highest BCUT2D eigenvalue weighted by molar-refractivity contribution is 5.79. The molecule has 0 bridgehead atoms. The summed E-state index contributed by atoms with van der Waals surface area (Å²) in [6.45, 7) is 3.66. The van der Waals surface area contributed by atoms with Gasteiger partial charge in [-0.3, -0.25) is 4.99 Å². The lowest BCUT2D eigenvalue weighted by molar-refractivity contribution is 0.409. The molecule has 0 saturated carbocycles. The molecule has 2 aromatic carbocycles. The number of para-hydroxylation sites is 1. The summed E-state index contributed by atoms with van der Waals surface area (Å²) < 4.78 is 5.37. The predicted molar refractivity (Wildman–Crippen MR) is 96.1 cm³/mol. The first-order valence-corrected chi connectivity index (χ1v) is 7.85. The number of hydrogen-bond acceptors (Lipinski definition) is 2. The maximum atomic E-state index is 5.37. The monoisotopic (exact) mass is 311 g/mol. The lowest BCUT2D eigenvalue weighted by Crippen LogP contribution is -2.37. The molecule has 0 heterocycles. The van der Waals surface area contributed by atoms with Gasteiger partial charge in [0.15, 0.2) is 5.96 Å². The topological polar surface area (TPSA) is 45.7 Å². The Kier molecular flexibility index (Phi) is 6.48. The highest BCUT2D eigenvalue weighted by Gasteiger charge is 2.03. The summed E-state index contributed by atoms with van der Waals surface area (Å²) in [5.41, 5.74) is 3.71. The summed E-state index contributed by atoms with van der Waals surface area (Å²) in [4.78, 5) is 4.26. The molecule has 0 fully saturated rings. The van der Waals surface area contributed by atoms with Crippen LogP contribution >= 0.6 is 0 Å². The average Bonchev–Trinajstić information content (AvgIpc) is 2.58. The summed E-state index contributed by atoms with van der Waals surface area (Å²) in [7, 11) is 3.49. The number of benzene rings is 2. The quantitative estimate of drug-likeness (QED) is 0.637. The number of aryl methyl sites for hydroxylation is 1. The van der Waals surface area contributed by atoms with E-state index in [4.69, 9.17) is 4.74 Å². The fraction of sp³-hybridized carbons (Fsp3) is 0.316. The lowest BCUT2D eigenvalue weighted by atomic mass is 10.1. The highest BCUT2D eigenvalue weighted by atomic mass is 16.5. The van der Waals surface area contributed by atoms with Crippen LogP contribution in [0.5, 0.6) is 5.75 Å². The molecule has 0 atom stereocenters. The molecule has 0 aliphatic carbocycles. The van der Waals surface area contributed by atoms with Crippen LogP contribution < -0.4 is 15.4 Å². The van der Waals surface area contributed by atoms with E-state index in [0.29, 0.717) is 0 Å². The fourth-order valence-corrected chi connectivity index (χ4v) is 2.45. The maximum absolute atomic E-state index is 5.37. The summed E-state index contributed by atoms with van der Waals surface area (Å²) in [6, 6.07) is 16.6. The van der Waals surface area contributed by atoms with Gasteiger partial charge in [-0.15, -0.1) is 0 Å². The molecule has 0 aliphatic heterocycles. The third-order valence-corrected chi connectivity index (χ3v) is 3.65. The van der Waals surface area contributed by atoms with Gasteiger partial charge >= 0.3 is 0 Å². The number of hydrogen-bond donors (Lipinski definition) is 2. The van der Waals surface area contributed by atoms with Gasteiger partial charge in [0, 0.05) is 20.1 Å². The Bertz CT molecular complexity index is 653. The SMILES string of the molecule is CN=C(NCCc1ccccc1OC)NCc1cccc(C)c1. The van der Waals surface area contributed by atoms with E-state index in [1.165, 1.54) is 16.7 Å². The van der Waals surface area contributed by atoms with Crippen molar-refractivity contribution < 1.29 is 4.74 Å². The first-order valence-electron chi connectivity index (χ1n) is 7.85. The second-order valence-electron chi connectivity index (χ2n) is 5.40. The van der Waals surface area contributed by atoms with Gasteiger partial charge in [0.1, 0.15) is 5.75 Å². The molecule has 2 aromatic rings. The van der Waals surface area contributed by atoms with Gasteiger partial charge in [-0.05, 0) is 30.5 Å².